The maximum atomic E-state index is 11.6. The van der Waals surface area contributed by atoms with Crippen molar-refractivity contribution in [2.45, 2.75) is 32.4 Å². The third-order valence-electron chi connectivity index (χ3n) is 4.76. The van der Waals surface area contributed by atoms with Crippen LogP contribution in [0.4, 0.5) is 17.1 Å². The zero-order valence-corrected chi connectivity index (χ0v) is 14.1. The first-order valence-corrected chi connectivity index (χ1v) is 8.09. The molecular weight excluding hydrogens is 344 g/mol. The SMILES string of the molecule is Cc1c(CO)cc([N+](=O)[O-])c(N2CCC(n3cncn3)CC2)c1[N+](=O)[O-]. The van der Waals surface area contributed by atoms with Crippen molar-refractivity contribution in [3.63, 3.8) is 0 Å². The Kier molecular flexibility index (Phi) is 4.80. The van der Waals surface area contributed by atoms with Crippen molar-refractivity contribution >= 4 is 17.1 Å². The molecule has 0 aliphatic carbocycles. The van der Waals surface area contributed by atoms with Gasteiger partial charge in [-0.1, -0.05) is 0 Å². The van der Waals surface area contributed by atoms with Crippen LogP contribution in [0.5, 0.6) is 0 Å². The summed E-state index contributed by atoms with van der Waals surface area (Å²) in [5.74, 6) is 0. The fraction of sp³-hybridized carbons (Fsp3) is 0.467. The van der Waals surface area contributed by atoms with Crippen LogP contribution in [0.15, 0.2) is 18.7 Å². The molecule has 138 valence electrons. The monoisotopic (exact) mass is 362 g/mol. The lowest BCUT2D eigenvalue weighted by atomic mass is 10.00. The largest absolute Gasteiger partial charge is 0.392 e. The number of piperidine rings is 1. The van der Waals surface area contributed by atoms with Crippen molar-refractivity contribution in [3.05, 3.63) is 50.1 Å². The van der Waals surface area contributed by atoms with Crippen molar-refractivity contribution in [3.8, 4) is 0 Å². The second-order valence-corrected chi connectivity index (χ2v) is 6.14. The molecule has 1 aliphatic heterocycles. The second-order valence-electron chi connectivity index (χ2n) is 6.14. The van der Waals surface area contributed by atoms with E-state index < -0.39 is 16.5 Å². The quantitative estimate of drug-likeness (QED) is 0.626. The zero-order valence-electron chi connectivity index (χ0n) is 14.1. The van der Waals surface area contributed by atoms with Gasteiger partial charge < -0.3 is 10.0 Å². The lowest BCUT2D eigenvalue weighted by Gasteiger charge is -2.33. The van der Waals surface area contributed by atoms with E-state index in [-0.39, 0.29) is 34.2 Å². The molecule has 11 heteroatoms. The van der Waals surface area contributed by atoms with Gasteiger partial charge in [-0.15, -0.1) is 0 Å². The summed E-state index contributed by atoms with van der Waals surface area (Å²) in [6.45, 7) is 1.84. The molecule has 0 bridgehead atoms. The van der Waals surface area contributed by atoms with Gasteiger partial charge in [0.2, 0.25) is 0 Å². The normalized spacial score (nSPS) is 15.2. The molecule has 1 fully saturated rings. The van der Waals surface area contributed by atoms with Crippen LogP contribution in [0, 0.1) is 27.2 Å². The van der Waals surface area contributed by atoms with Crippen LogP contribution in [0.25, 0.3) is 0 Å². The topological polar surface area (TPSA) is 140 Å². The van der Waals surface area contributed by atoms with Crippen LogP contribution in [-0.4, -0.2) is 42.8 Å². The Balaban J connectivity index is 2.00. The number of hydrogen-bond donors (Lipinski definition) is 1. The van der Waals surface area contributed by atoms with E-state index in [9.17, 15) is 25.3 Å². The number of hydrogen-bond acceptors (Lipinski definition) is 8. The second kappa shape index (κ2) is 7.04. The van der Waals surface area contributed by atoms with Gasteiger partial charge >= 0.3 is 5.69 Å². The highest BCUT2D eigenvalue weighted by atomic mass is 16.6. The fourth-order valence-electron chi connectivity index (χ4n) is 3.39. The molecule has 3 rings (SSSR count). The van der Waals surface area contributed by atoms with Gasteiger partial charge in [-0.3, -0.25) is 20.2 Å². The average molecular weight is 362 g/mol. The number of nitro groups is 2. The number of rotatable bonds is 5. The van der Waals surface area contributed by atoms with E-state index >= 15 is 0 Å². The smallest absolute Gasteiger partial charge is 0.302 e. The van der Waals surface area contributed by atoms with Gasteiger partial charge in [0, 0.05) is 24.7 Å². The van der Waals surface area contributed by atoms with Gasteiger partial charge in [-0.05, 0) is 25.3 Å². The molecule has 0 amide bonds. The molecule has 1 aliphatic rings. The molecule has 2 aromatic rings. The highest BCUT2D eigenvalue weighted by Crippen LogP contribution is 2.43. The zero-order chi connectivity index (χ0) is 18.8. The Hall–Kier alpha value is -3.08. The number of aromatic nitrogens is 3. The molecule has 0 saturated carbocycles. The highest BCUT2D eigenvalue weighted by molar-refractivity contribution is 5.79. The number of aliphatic hydroxyl groups excluding tert-OH is 1. The van der Waals surface area contributed by atoms with Gasteiger partial charge in [-0.2, -0.15) is 5.10 Å². The molecule has 0 radical (unpaired) electrons. The van der Waals surface area contributed by atoms with E-state index in [1.807, 2.05) is 0 Å². The van der Waals surface area contributed by atoms with Crippen molar-refractivity contribution in [1.82, 2.24) is 14.8 Å². The van der Waals surface area contributed by atoms with Gasteiger partial charge in [0.15, 0.2) is 5.69 Å². The van der Waals surface area contributed by atoms with Gasteiger partial charge in [0.05, 0.1) is 22.5 Å². The summed E-state index contributed by atoms with van der Waals surface area (Å²) in [5.41, 5.74) is -0.235. The summed E-state index contributed by atoms with van der Waals surface area (Å²) >= 11 is 0. The summed E-state index contributed by atoms with van der Waals surface area (Å²) in [5, 5.41) is 36.7. The Labute approximate surface area is 148 Å². The number of nitro benzene ring substituents is 2. The summed E-state index contributed by atoms with van der Waals surface area (Å²) in [6, 6.07) is 1.32. The van der Waals surface area contributed by atoms with Crippen LogP contribution in [-0.2, 0) is 6.61 Å². The maximum absolute atomic E-state index is 11.6. The van der Waals surface area contributed by atoms with Crippen molar-refractivity contribution in [2.24, 2.45) is 0 Å². The molecule has 0 unspecified atom stereocenters. The standard InChI is InChI=1S/C15H18N6O5/c1-10-11(7-22)6-13(20(23)24)15(14(10)21(25)26)18-4-2-12(3-5-18)19-9-16-8-17-19/h6,8-9,12,22H,2-5,7H2,1H3. The Morgan fingerprint density at radius 3 is 2.46 bits per heavy atom. The summed E-state index contributed by atoms with van der Waals surface area (Å²) in [7, 11) is 0. The first-order chi connectivity index (χ1) is 12.4. The molecule has 1 saturated heterocycles. The van der Waals surface area contributed by atoms with Gasteiger partial charge in [0.25, 0.3) is 5.69 Å². The maximum Gasteiger partial charge on any atom is 0.302 e. The van der Waals surface area contributed by atoms with Crippen molar-refractivity contribution < 1.29 is 15.0 Å². The molecule has 11 nitrogen and oxygen atoms in total. The minimum absolute atomic E-state index is 0.00624. The number of aliphatic hydroxyl groups is 1. The molecule has 1 aromatic carbocycles. The first kappa shape index (κ1) is 17.7. The molecule has 1 aromatic heterocycles. The Morgan fingerprint density at radius 2 is 1.96 bits per heavy atom. The van der Waals surface area contributed by atoms with Crippen molar-refractivity contribution in [2.75, 3.05) is 18.0 Å². The molecule has 0 spiro atoms. The number of benzene rings is 1. The van der Waals surface area contributed by atoms with Crippen LogP contribution >= 0.6 is 0 Å². The van der Waals surface area contributed by atoms with Crippen LogP contribution in [0.3, 0.4) is 0 Å². The molecule has 1 N–H and O–H groups in total. The van der Waals surface area contributed by atoms with E-state index in [1.54, 1.807) is 15.9 Å². The van der Waals surface area contributed by atoms with E-state index in [0.29, 0.717) is 25.9 Å². The summed E-state index contributed by atoms with van der Waals surface area (Å²) in [4.78, 5) is 27.5. The van der Waals surface area contributed by atoms with Crippen LogP contribution in [0.1, 0.15) is 30.0 Å². The first-order valence-electron chi connectivity index (χ1n) is 8.09. The van der Waals surface area contributed by atoms with Gasteiger partial charge in [-0.25, -0.2) is 9.67 Å². The molecular formula is C15H18N6O5. The minimum atomic E-state index is -0.634. The fourth-order valence-corrected chi connectivity index (χ4v) is 3.39. The lowest BCUT2D eigenvalue weighted by Crippen LogP contribution is -2.35. The van der Waals surface area contributed by atoms with E-state index in [1.165, 1.54) is 19.3 Å². The Bertz CT molecular complexity index is 830. The predicted molar refractivity (Wildman–Crippen MR) is 90.9 cm³/mol. The van der Waals surface area contributed by atoms with Crippen LogP contribution in [0.2, 0.25) is 0 Å². The van der Waals surface area contributed by atoms with E-state index in [4.69, 9.17) is 0 Å². The number of anilines is 1. The molecule has 0 atom stereocenters. The lowest BCUT2D eigenvalue weighted by molar-refractivity contribution is -0.393. The van der Waals surface area contributed by atoms with Crippen LogP contribution < -0.4 is 4.90 Å². The molecule has 2 heterocycles. The average Bonchev–Trinajstić information content (AvgIpc) is 3.15. The molecule has 26 heavy (non-hydrogen) atoms. The Morgan fingerprint density at radius 1 is 1.27 bits per heavy atom. The van der Waals surface area contributed by atoms with Crippen molar-refractivity contribution in [1.29, 1.82) is 0 Å². The van der Waals surface area contributed by atoms with Gasteiger partial charge in [0.1, 0.15) is 12.7 Å². The highest BCUT2D eigenvalue weighted by Gasteiger charge is 2.35. The number of nitrogens with zero attached hydrogens (tertiary/aromatic N) is 6. The van der Waals surface area contributed by atoms with E-state index in [2.05, 4.69) is 10.1 Å². The summed E-state index contributed by atoms with van der Waals surface area (Å²) in [6.07, 6.45) is 4.33. The third kappa shape index (κ3) is 3.08. The van der Waals surface area contributed by atoms with E-state index in [0.717, 1.165) is 0 Å². The minimum Gasteiger partial charge on any atom is -0.392 e. The predicted octanol–water partition coefficient (Wildman–Crippen LogP) is 1.74. The summed E-state index contributed by atoms with van der Waals surface area (Å²) < 4.78 is 1.74. The third-order valence-corrected chi connectivity index (χ3v) is 4.76.